The van der Waals surface area contributed by atoms with Crippen molar-refractivity contribution in [1.82, 2.24) is 10.2 Å². The number of nitrogens with zero attached hydrogens (tertiary/aromatic N) is 1. The lowest BCUT2D eigenvalue weighted by Gasteiger charge is -2.35. The standard InChI is InChI=1S/C15H30N2O/c1-5-14(6-2)15(18)17-9-7-8-13(11-17)10-16-12(3)4/h12-14,16H,5-11H2,1-4H3. The Labute approximate surface area is 112 Å². The molecule has 0 saturated carbocycles. The van der Waals surface area contributed by atoms with Gasteiger partial charge < -0.3 is 10.2 Å². The van der Waals surface area contributed by atoms with Crippen LogP contribution in [0.3, 0.4) is 0 Å². The quantitative estimate of drug-likeness (QED) is 0.790. The van der Waals surface area contributed by atoms with Gasteiger partial charge in [0.05, 0.1) is 0 Å². The summed E-state index contributed by atoms with van der Waals surface area (Å²) in [7, 11) is 0. The summed E-state index contributed by atoms with van der Waals surface area (Å²) >= 11 is 0. The van der Waals surface area contributed by atoms with Gasteiger partial charge in [-0.2, -0.15) is 0 Å². The molecular weight excluding hydrogens is 224 g/mol. The lowest BCUT2D eigenvalue weighted by molar-refractivity contribution is -0.137. The van der Waals surface area contributed by atoms with Crippen LogP contribution in [0.1, 0.15) is 53.4 Å². The number of nitrogens with one attached hydrogen (secondary N) is 1. The number of amides is 1. The average molecular weight is 254 g/mol. The Morgan fingerprint density at radius 2 is 2.00 bits per heavy atom. The molecular formula is C15H30N2O. The molecule has 0 aromatic heterocycles. The van der Waals surface area contributed by atoms with E-state index in [1.54, 1.807) is 0 Å². The van der Waals surface area contributed by atoms with Crippen LogP contribution in [0.15, 0.2) is 0 Å². The van der Waals surface area contributed by atoms with E-state index in [2.05, 4.69) is 37.9 Å². The lowest BCUT2D eigenvalue weighted by atomic mass is 9.94. The van der Waals surface area contributed by atoms with Crippen LogP contribution in [0.2, 0.25) is 0 Å². The fraction of sp³-hybridized carbons (Fsp3) is 0.933. The Kier molecular flexibility index (Phi) is 6.69. The topological polar surface area (TPSA) is 32.3 Å². The van der Waals surface area contributed by atoms with Crippen LogP contribution in [-0.4, -0.2) is 36.5 Å². The first-order valence-corrected chi connectivity index (χ1v) is 7.60. The van der Waals surface area contributed by atoms with Gasteiger partial charge >= 0.3 is 0 Å². The number of hydrogen-bond acceptors (Lipinski definition) is 2. The summed E-state index contributed by atoms with van der Waals surface area (Å²) in [6.45, 7) is 11.6. The Hall–Kier alpha value is -0.570. The molecule has 0 bridgehead atoms. The number of hydrogen-bond donors (Lipinski definition) is 1. The number of piperidine rings is 1. The van der Waals surface area contributed by atoms with Crippen molar-refractivity contribution in [3.05, 3.63) is 0 Å². The van der Waals surface area contributed by atoms with E-state index in [0.717, 1.165) is 38.9 Å². The molecule has 3 heteroatoms. The third kappa shape index (κ3) is 4.60. The predicted molar refractivity (Wildman–Crippen MR) is 76.5 cm³/mol. The van der Waals surface area contributed by atoms with Crippen LogP contribution in [0.4, 0.5) is 0 Å². The molecule has 3 nitrogen and oxygen atoms in total. The van der Waals surface area contributed by atoms with Crippen molar-refractivity contribution < 1.29 is 4.79 Å². The second kappa shape index (κ2) is 7.78. The normalized spacial score (nSPS) is 20.8. The molecule has 1 rings (SSSR count). The summed E-state index contributed by atoms with van der Waals surface area (Å²) in [4.78, 5) is 14.5. The minimum Gasteiger partial charge on any atom is -0.342 e. The van der Waals surface area contributed by atoms with E-state index in [1.807, 2.05) is 0 Å². The first-order chi connectivity index (χ1) is 8.58. The molecule has 18 heavy (non-hydrogen) atoms. The van der Waals surface area contributed by atoms with Gasteiger partial charge in [0.1, 0.15) is 0 Å². The number of likely N-dealkylation sites (tertiary alicyclic amines) is 1. The summed E-state index contributed by atoms with van der Waals surface area (Å²) in [5.41, 5.74) is 0. The smallest absolute Gasteiger partial charge is 0.225 e. The molecule has 1 fully saturated rings. The Bertz CT molecular complexity index is 249. The molecule has 1 aliphatic rings. The molecule has 1 heterocycles. The molecule has 1 amide bonds. The molecule has 0 aromatic carbocycles. The molecule has 0 aromatic rings. The highest BCUT2D eigenvalue weighted by molar-refractivity contribution is 5.78. The Morgan fingerprint density at radius 1 is 1.33 bits per heavy atom. The highest BCUT2D eigenvalue weighted by atomic mass is 16.2. The van der Waals surface area contributed by atoms with Crippen LogP contribution in [0.25, 0.3) is 0 Å². The first kappa shape index (κ1) is 15.5. The van der Waals surface area contributed by atoms with E-state index in [0.29, 0.717) is 17.9 Å². The third-order valence-electron chi connectivity index (χ3n) is 3.98. The van der Waals surface area contributed by atoms with E-state index in [-0.39, 0.29) is 5.92 Å². The highest BCUT2D eigenvalue weighted by Crippen LogP contribution is 2.20. The largest absolute Gasteiger partial charge is 0.342 e. The van der Waals surface area contributed by atoms with Gasteiger partial charge in [0, 0.05) is 25.0 Å². The third-order valence-corrected chi connectivity index (χ3v) is 3.98. The van der Waals surface area contributed by atoms with Crippen molar-refractivity contribution in [2.75, 3.05) is 19.6 Å². The summed E-state index contributed by atoms with van der Waals surface area (Å²) in [5, 5.41) is 3.49. The van der Waals surface area contributed by atoms with E-state index in [9.17, 15) is 4.79 Å². The first-order valence-electron chi connectivity index (χ1n) is 7.60. The fourth-order valence-corrected chi connectivity index (χ4v) is 2.73. The second-order valence-corrected chi connectivity index (χ2v) is 5.87. The summed E-state index contributed by atoms with van der Waals surface area (Å²) < 4.78 is 0. The number of rotatable bonds is 6. The summed E-state index contributed by atoms with van der Waals surface area (Å²) in [5.74, 6) is 1.26. The number of carbonyl (C=O) groups is 1. The SMILES string of the molecule is CCC(CC)C(=O)N1CCCC(CNC(C)C)C1. The molecule has 0 spiro atoms. The van der Waals surface area contributed by atoms with Crippen LogP contribution >= 0.6 is 0 Å². The zero-order chi connectivity index (χ0) is 13.5. The minimum absolute atomic E-state index is 0.238. The van der Waals surface area contributed by atoms with Crippen LogP contribution in [0.5, 0.6) is 0 Å². The summed E-state index contributed by atoms with van der Waals surface area (Å²) in [6.07, 6.45) is 4.37. The zero-order valence-electron chi connectivity index (χ0n) is 12.5. The molecule has 1 aliphatic heterocycles. The van der Waals surface area contributed by atoms with Crippen LogP contribution < -0.4 is 5.32 Å². The van der Waals surface area contributed by atoms with Crippen molar-refractivity contribution in [3.63, 3.8) is 0 Å². The van der Waals surface area contributed by atoms with E-state index >= 15 is 0 Å². The predicted octanol–water partition coefficient (Wildman–Crippen LogP) is 2.66. The van der Waals surface area contributed by atoms with Gasteiger partial charge in [-0.05, 0) is 38.1 Å². The maximum absolute atomic E-state index is 12.3. The molecule has 1 saturated heterocycles. The van der Waals surface area contributed by atoms with Crippen molar-refractivity contribution in [2.45, 2.75) is 59.4 Å². The van der Waals surface area contributed by atoms with Gasteiger partial charge in [0.2, 0.25) is 5.91 Å². The molecule has 0 radical (unpaired) electrons. The van der Waals surface area contributed by atoms with Crippen LogP contribution in [0, 0.1) is 11.8 Å². The Balaban J connectivity index is 2.45. The van der Waals surface area contributed by atoms with Gasteiger partial charge in [0.25, 0.3) is 0 Å². The van der Waals surface area contributed by atoms with Gasteiger partial charge in [-0.25, -0.2) is 0 Å². The van der Waals surface area contributed by atoms with Gasteiger partial charge in [-0.3, -0.25) is 4.79 Å². The van der Waals surface area contributed by atoms with Gasteiger partial charge in [-0.1, -0.05) is 27.7 Å². The molecule has 0 aliphatic carbocycles. The molecule has 1 atom stereocenters. The molecule has 1 N–H and O–H groups in total. The van der Waals surface area contributed by atoms with E-state index < -0.39 is 0 Å². The average Bonchev–Trinajstić information content (AvgIpc) is 2.38. The van der Waals surface area contributed by atoms with Crippen molar-refractivity contribution in [2.24, 2.45) is 11.8 Å². The fourth-order valence-electron chi connectivity index (χ4n) is 2.73. The Morgan fingerprint density at radius 3 is 2.56 bits per heavy atom. The van der Waals surface area contributed by atoms with Gasteiger partial charge in [0.15, 0.2) is 0 Å². The van der Waals surface area contributed by atoms with E-state index in [4.69, 9.17) is 0 Å². The second-order valence-electron chi connectivity index (χ2n) is 5.87. The maximum Gasteiger partial charge on any atom is 0.225 e. The van der Waals surface area contributed by atoms with E-state index in [1.165, 1.54) is 6.42 Å². The van der Waals surface area contributed by atoms with Crippen molar-refractivity contribution >= 4 is 5.91 Å². The highest BCUT2D eigenvalue weighted by Gasteiger charge is 2.27. The monoisotopic (exact) mass is 254 g/mol. The summed E-state index contributed by atoms with van der Waals surface area (Å²) in [6, 6.07) is 0.537. The minimum atomic E-state index is 0.238. The maximum atomic E-state index is 12.3. The van der Waals surface area contributed by atoms with Crippen molar-refractivity contribution in [1.29, 1.82) is 0 Å². The van der Waals surface area contributed by atoms with Crippen molar-refractivity contribution in [3.8, 4) is 0 Å². The van der Waals surface area contributed by atoms with Gasteiger partial charge in [-0.15, -0.1) is 0 Å². The van der Waals surface area contributed by atoms with Crippen LogP contribution in [-0.2, 0) is 4.79 Å². The zero-order valence-corrected chi connectivity index (χ0v) is 12.5. The molecule has 1 unspecified atom stereocenters. The molecule has 106 valence electrons. The lowest BCUT2D eigenvalue weighted by Crippen LogP contribution is -2.45. The number of carbonyl (C=O) groups excluding carboxylic acids is 1.